The lowest BCUT2D eigenvalue weighted by Gasteiger charge is -2.45. The third-order valence-corrected chi connectivity index (χ3v) is 14.7. The van der Waals surface area contributed by atoms with E-state index >= 15 is 0 Å². The molecule has 0 saturated carbocycles. The Hall–Kier alpha value is -2.55. The van der Waals surface area contributed by atoms with Gasteiger partial charge in [-0.25, -0.2) is 0 Å². The summed E-state index contributed by atoms with van der Waals surface area (Å²) in [6.07, 6.45) is 6.24. The molecule has 3 aromatic rings. The molecule has 0 spiro atoms. The monoisotopic (exact) mass is 631 g/mol. The predicted octanol–water partition coefficient (Wildman–Crippen LogP) is 6.90. The molecule has 3 aromatic carbocycles. The van der Waals surface area contributed by atoms with Gasteiger partial charge in [-0.3, -0.25) is 9.69 Å². The van der Waals surface area contributed by atoms with E-state index < -0.39 is 14.4 Å². The van der Waals surface area contributed by atoms with Crippen LogP contribution >= 0.6 is 24.0 Å². The number of amides is 1. The van der Waals surface area contributed by atoms with E-state index in [2.05, 4.69) is 88.4 Å². The molecule has 0 aromatic heterocycles. The van der Waals surface area contributed by atoms with E-state index in [9.17, 15) is 9.90 Å². The molecule has 1 saturated heterocycles. The van der Waals surface area contributed by atoms with Crippen LogP contribution in [0.1, 0.15) is 58.9 Å². The van der Waals surface area contributed by atoms with Crippen LogP contribution in [0.4, 0.5) is 0 Å². The number of hydrogen-bond acceptors (Lipinski definition) is 5. The first-order chi connectivity index (χ1) is 20.7. The number of hydrogen-bond donors (Lipinski definition) is 1. The molecule has 4 rings (SSSR count). The first-order valence-corrected chi connectivity index (χ1v) is 18.6. The van der Waals surface area contributed by atoms with Gasteiger partial charge in [0.25, 0.3) is 8.32 Å². The van der Waals surface area contributed by atoms with Crippen molar-refractivity contribution in [2.75, 3.05) is 5.75 Å². The number of nitrogens with zero attached hydrogens (tertiary/aromatic N) is 1. The second-order valence-electron chi connectivity index (χ2n) is 12.3. The van der Waals surface area contributed by atoms with Crippen LogP contribution in [-0.2, 0) is 15.6 Å². The molecule has 4 nitrogen and oxygen atoms in total. The van der Waals surface area contributed by atoms with Crippen molar-refractivity contribution in [1.82, 2.24) is 4.90 Å². The van der Waals surface area contributed by atoms with Crippen molar-refractivity contribution >= 4 is 52.9 Å². The van der Waals surface area contributed by atoms with E-state index in [0.717, 1.165) is 31.4 Å². The van der Waals surface area contributed by atoms with E-state index in [0.29, 0.717) is 4.32 Å². The molecule has 1 heterocycles. The topological polar surface area (TPSA) is 49.8 Å². The van der Waals surface area contributed by atoms with Gasteiger partial charge in [-0.15, -0.1) is 0 Å². The summed E-state index contributed by atoms with van der Waals surface area (Å²) >= 11 is 7.10. The molecule has 1 aliphatic heterocycles. The Labute approximate surface area is 268 Å². The van der Waals surface area contributed by atoms with E-state index in [-0.39, 0.29) is 29.5 Å². The second-order valence-corrected chi connectivity index (χ2v) is 18.2. The summed E-state index contributed by atoms with van der Waals surface area (Å²) in [5.41, 5.74) is 1.18. The summed E-state index contributed by atoms with van der Waals surface area (Å²) in [5, 5.41) is 13.4. The molecule has 1 amide bonds. The van der Waals surface area contributed by atoms with Gasteiger partial charge in [-0.1, -0.05) is 168 Å². The number of thiocarbonyl (C=S) groups is 1. The molecule has 3 atom stereocenters. The highest BCUT2D eigenvalue weighted by Crippen LogP contribution is 2.38. The number of rotatable bonds is 13. The summed E-state index contributed by atoms with van der Waals surface area (Å²) in [6, 6.07) is 31.4. The molecular weight excluding hydrogens is 587 g/mol. The summed E-state index contributed by atoms with van der Waals surface area (Å²) in [7, 11) is -2.77. The molecule has 1 aliphatic rings. The van der Waals surface area contributed by atoms with Crippen LogP contribution in [0.2, 0.25) is 5.04 Å². The number of aliphatic hydroxyl groups is 1. The Kier molecular flexibility index (Phi) is 12.0. The van der Waals surface area contributed by atoms with Crippen LogP contribution in [0.3, 0.4) is 0 Å². The molecule has 228 valence electrons. The molecule has 1 N–H and O–H groups in total. The highest BCUT2D eigenvalue weighted by Gasteiger charge is 2.51. The van der Waals surface area contributed by atoms with E-state index in [1.54, 1.807) is 22.7 Å². The molecule has 0 radical (unpaired) electrons. The maximum absolute atomic E-state index is 13.4. The number of aliphatic hydroxyl groups excluding tert-OH is 1. The number of carbonyl (C=O) groups excluding carboxylic acids is 1. The van der Waals surface area contributed by atoms with Gasteiger partial charge < -0.3 is 9.53 Å². The summed E-state index contributed by atoms with van der Waals surface area (Å²) in [5.74, 6) is 0.641. The van der Waals surface area contributed by atoms with Crippen molar-refractivity contribution in [3.8, 4) is 0 Å². The number of benzene rings is 3. The Morgan fingerprint density at radius 3 is 2.09 bits per heavy atom. The van der Waals surface area contributed by atoms with Crippen LogP contribution in [0.15, 0.2) is 103 Å². The largest absolute Gasteiger partial charge is 0.401 e. The highest BCUT2D eigenvalue weighted by molar-refractivity contribution is 8.23. The first-order valence-electron chi connectivity index (χ1n) is 15.3. The smallest absolute Gasteiger partial charge is 0.261 e. The number of unbranched alkanes of at least 4 members (excludes halogenated alkanes) is 1. The van der Waals surface area contributed by atoms with E-state index in [1.165, 1.54) is 15.9 Å². The Balaban J connectivity index is 1.55. The van der Waals surface area contributed by atoms with Crippen LogP contribution in [0.25, 0.3) is 0 Å². The Morgan fingerprint density at radius 1 is 1.00 bits per heavy atom. The van der Waals surface area contributed by atoms with Gasteiger partial charge in [0, 0.05) is 5.75 Å². The van der Waals surface area contributed by atoms with Crippen molar-refractivity contribution in [2.24, 2.45) is 0 Å². The fourth-order valence-electron chi connectivity index (χ4n) is 5.92. The van der Waals surface area contributed by atoms with Gasteiger partial charge in [0.1, 0.15) is 4.32 Å². The molecule has 0 bridgehead atoms. The van der Waals surface area contributed by atoms with Gasteiger partial charge >= 0.3 is 0 Å². The zero-order valence-electron chi connectivity index (χ0n) is 25.8. The fraction of sp³-hybridized carbons (Fsp3) is 0.389. The van der Waals surface area contributed by atoms with Crippen LogP contribution in [0, 0.1) is 0 Å². The third kappa shape index (κ3) is 8.34. The quantitative estimate of drug-likeness (QED) is 0.126. The normalized spacial score (nSPS) is 17.4. The molecule has 1 fully saturated rings. The molecule has 7 heteroatoms. The molecule has 43 heavy (non-hydrogen) atoms. The standard InChI is InChI=1S/C36H45NO3S2Si/c1-5-6-18-31(40-43(36(2,3)4,32-19-12-8-13-20-32)33-21-14-9-15-22-33)24-23-30(38)26-34(39)37-29(27-42-35(37)41)25-28-16-10-7-11-17-28/h7-17,19-24,29-31,38H,5-6,18,25-27H2,1-4H3/b24-23-/t29-,30+,31-/m0/s1. The zero-order chi connectivity index (χ0) is 30.9. The highest BCUT2D eigenvalue weighted by atomic mass is 32.2. The predicted molar refractivity (Wildman–Crippen MR) is 188 cm³/mol. The van der Waals surface area contributed by atoms with Crippen molar-refractivity contribution in [3.05, 3.63) is 109 Å². The SMILES string of the molecule is CCCC[C@@H](/C=C\[C@@H](O)CC(=O)N1C(=S)SC[C@@H]1Cc1ccccc1)O[Si](c1ccccc1)(c1ccccc1)C(C)(C)C. The van der Waals surface area contributed by atoms with Gasteiger partial charge in [0.15, 0.2) is 0 Å². The lowest BCUT2D eigenvalue weighted by atomic mass is 10.1. The third-order valence-electron chi connectivity index (χ3n) is 8.06. The van der Waals surface area contributed by atoms with Crippen LogP contribution in [0.5, 0.6) is 0 Å². The molecule has 0 unspecified atom stereocenters. The minimum absolute atomic E-state index is 0.000590. The lowest BCUT2D eigenvalue weighted by molar-refractivity contribution is -0.129. The van der Waals surface area contributed by atoms with E-state index in [1.807, 2.05) is 36.4 Å². The molecule has 0 aliphatic carbocycles. The average Bonchev–Trinajstić information content (AvgIpc) is 3.37. The zero-order valence-corrected chi connectivity index (χ0v) is 28.5. The van der Waals surface area contributed by atoms with Crippen molar-refractivity contribution in [3.63, 3.8) is 0 Å². The lowest BCUT2D eigenvalue weighted by Crippen LogP contribution is -2.67. The van der Waals surface area contributed by atoms with Crippen molar-refractivity contribution in [1.29, 1.82) is 0 Å². The minimum atomic E-state index is -2.77. The van der Waals surface area contributed by atoms with Crippen molar-refractivity contribution < 1.29 is 14.3 Å². The molecular formula is C36H45NO3S2Si. The second kappa shape index (κ2) is 15.4. The fourth-order valence-corrected chi connectivity index (χ4v) is 12.0. The summed E-state index contributed by atoms with van der Waals surface area (Å²) in [4.78, 5) is 15.1. The number of carbonyl (C=O) groups is 1. The van der Waals surface area contributed by atoms with Crippen LogP contribution in [-0.4, -0.2) is 52.6 Å². The summed E-state index contributed by atoms with van der Waals surface area (Å²) < 4.78 is 7.95. The van der Waals surface area contributed by atoms with Crippen LogP contribution < -0.4 is 10.4 Å². The first kappa shape index (κ1) is 33.3. The van der Waals surface area contributed by atoms with Crippen molar-refractivity contribution in [2.45, 2.75) is 83.1 Å². The Bertz CT molecular complexity index is 1310. The summed E-state index contributed by atoms with van der Waals surface area (Å²) in [6.45, 7) is 9.00. The maximum Gasteiger partial charge on any atom is 0.261 e. The minimum Gasteiger partial charge on any atom is -0.401 e. The Morgan fingerprint density at radius 2 is 1.56 bits per heavy atom. The van der Waals surface area contributed by atoms with Gasteiger partial charge in [-0.2, -0.15) is 0 Å². The van der Waals surface area contributed by atoms with Gasteiger partial charge in [-0.05, 0) is 33.8 Å². The number of thioether (sulfide) groups is 1. The van der Waals surface area contributed by atoms with Gasteiger partial charge in [0.05, 0.1) is 24.7 Å². The maximum atomic E-state index is 13.4. The van der Waals surface area contributed by atoms with Gasteiger partial charge in [0.2, 0.25) is 5.91 Å². The van der Waals surface area contributed by atoms with E-state index in [4.69, 9.17) is 16.6 Å². The average molecular weight is 632 g/mol.